The average Bonchev–Trinajstić information content (AvgIpc) is 2.42. The Hall–Kier alpha value is -0.540. The van der Waals surface area contributed by atoms with E-state index >= 15 is 0 Å². The van der Waals surface area contributed by atoms with Crippen LogP contribution in [0, 0.1) is 11.8 Å². The molecule has 0 spiro atoms. The van der Waals surface area contributed by atoms with Crippen LogP contribution in [0.3, 0.4) is 0 Å². The molecule has 20 heavy (non-hydrogen) atoms. The Labute approximate surface area is 132 Å². The zero-order chi connectivity index (χ0) is 15.1. The molecule has 0 aromatic heterocycles. The van der Waals surface area contributed by atoms with Gasteiger partial charge >= 0.3 is 0 Å². The van der Waals surface area contributed by atoms with Gasteiger partial charge in [0.2, 0.25) is 0 Å². The van der Waals surface area contributed by atoms with E-state index in [4.69, 9.17) is 4.74 Å². The molecule has 1 aromatic rings. The van der Waals surface area contributed by atoms with E-state index in [1.807, 2.05) is 0 Å². The number of hydrogen-bond acceptors (Lipinski definition) is 2. The van der Waals surface area contributed by atoms with Crippen LogP contribution in [0.2, 0.25) is 0 Å². The fraction of sp³-hybridized carbons (Fsp3) is 0.647. The maximum Gasteiger partial charge on any atom is 0.133 e. The summed E-state index contributed by atoms with van der Waals surface area (Å²) in [6, 6.07) is 6.84. The number of nitrogens with one attached hydrogen (secondary N) is 1. The van der Waals surface area contributed by atoms with Crippen molar-refractivity contribution in [2.24, 2.45) is 11.8 Å². The van der Waals surface area contributed by atoms with Crippen molar-refractivity contribution in [1.29, 1.82) is 0 Å². The molecule has 114 valence electrons. The van der Waals surface area contributed by atoms with Crippen LogP contribution in [0.15, 0.2) is 22.7 Å². The summed E-state index contributed by atoms with van der Waals surface area (Å²) in [4.78, 5) is 0. The lowest BCUT2D eigenvalue weighted by atomic mass is 9.86. The predicted octanol–water partition coefficient (Wildman–Crippen LogP) is 5.18. The molecule has 0 fully saturated rings. The molecule has 0 aliphatic carbocycles. The summed E-state index contributed by atoms with van der Waals surface area (Å²) >= 11 is 3.63. The Kier molecular flexibility index (Phi) is 7.60. The number of ether oxygens (including phenoxy) is 1. The van der Waals surface area contributed by atoms with Crippen molar-refractivity contribution >= 4 is 15.9 Å². The van der Waals surface area contributed by atoms with Crippen molar-refractivity contribution in [2.75, 3.05) is 13.2 Å². The molecule has 0 aliphatic heterocycles. The Bertz CT molecular complexity index is 406. The maximum atomic E-state index is 5.72. The molecule has 0 aliphatic rings. The van der Waals surface area contributed by atoms with Gasteiger partial charge in [0.15, 0.2) is 0 Å². The van der Waals surface area contributed by atoms with E-state index in [1.165, 1.54) is 5.56 Å². The van der Waals surface area contributed by atoms with Crippen LogP contribution in [-0.4, -0.2) is 13.2 Å². The minimum atomic E-state index is 0.386. The van der Waals surface area contributed by atoms with Gasteiger partial charge in [0.1, 0.15) is 5.75 Å². The van der Waals surface area contributed by atoms with Crippen LogP contribution >= 0.6 is 15.9 Å². The van der Waals surface area contributed by atoms with Crippen LogP contribution in [-0.2, 0) is 0 Å². The van der Waals surface area contributed by atoms with E-state index in [1.54, 1.807) is 0 Å². The SMILES string of the molecule is CCCOc1ccc(C(NCC)C(C)C(C)C)cc1Br. The summed E-state index contributed by atoms with van der Waals surface area (Å²) in [5.41, 5.74) is 1.32. The molecule has 0 amide bonds. The molecule has 0 saturated carbocycles. The first-order chi connectivity index (χ1) is 9.51. The van der Waals surface area contributed by atoms with Gasteiger partial charge in [0, 0.05) is 6.04 Å². The molecular formula is C17H28BrNO. The van der Waals surface area contributed by atoms with E-state index in [2.05, 4.69) is 74.1 Å². The van der Waals surface area contributed by atoms with Crippen LogP contribution in [0.4, 0.5) is 0 Å². The minimum absolute atomic E-state index is 0.386. The fourth-order valence-electron chi connectivity index (χ4n) is 2.25. The standard InChI is InChI=1S/C17H28BrNO/c1-6-10-20-16-9-8-14(11-15(16)18)17(19-7-2)13(5)12(3)4/h8-9,11-13,17,19H,6-7,10H2,1-5H3. The first-order valence-corrected chi connectivity index (χ1v) is 8.46. The predicted molar refractivity (Wildman–Crippen MR) is 90.3 cm³/mol. The summed E-state index contributed by atoms with van der Waals surface area (Å²) in [6.07, 6.45) is 1.03. The second-order valence-corrected chi connectivity index (χ2v) is 6.53. The first kappa shape index (κ1) is 17.5. The lowest BCUT2D eigenvalue weighted by Crippen LogP contribution is -2.29. The summed E-state index contributed by atoms with van der Waals surface area (Å²) < 4.78 is 6.77. The zero-order valence-corrected chi connectivity index (χ0v) is 15.0. The van der Waals surface area contributed by atoms with E-state index in [0.717, 1.165) is 29.8 Å². The monoisotopic (exact) mass is 341 g/mol. The van der Waals surface area contributed by atoms with Crippen molar-refractivity contribution in [3.8, 4) is 5.75 Å². The van der Waals surface area contributed by atoms with Gasteiger partial charge in [-0.25, -0.2) is 0 Å². The summed E-state index contributed by atoms with van der Waals surface area (Å²) in [5, 5.41) is 3.61. The number of hydrogen-bond donors (Lipinski definition) is 1. The molecule has 2 nitrogen and oxygen atoms in total. The third-order valence-corrected chi connectivity index (χ3v) is 4.40. The summed E-state index contributed by atoms with van der Waals surface area (Å²) in [7, 11) is 0. The van der Waals surface area contributed by atoms with Gasteiger partial charge in [0.05, 0.1) is 11.1 Å². The Morgan fingerprint density at radius 3 is 2.40 bits per heavy atom. The maximum absolute atomic E-state index is 5.72. The van der Waals surface area contributed by atoms with Gasteiger partial charge in [-0.15, -0.1) is 0 Å². The van der Waals surface area contributed by atoms with Crippen molar-refractivity contribution < 1.29 is 4.74 Å². The highest BCUT2D eigenvalue weighted by molar-refractivity contribution is 9.10. The lowest BCUT2D eigenvalue weighted by Gasteiger charge is -2.28. The third-order valence-electron chi connectivity index (χ3n) is 3.78. The Morgan fingerprint density at radius 2 is 1.90 bits per heavy atom. The number of rotatable bonds is 8. The average molecular weight is 342 g/mol. The summed E-state index contributed by atoms with van der Waals surface area (Å²) in [5.74, 6) is 2.17. The van der Waals surface area contributed by atoms with Gasteiger partial charge in [0.25, 0.3) is 0 Å². The van der Waals surface area contributed by atoms with E-state index in [-0.39, 0.29) is 0 Å². The van der Waals surface area contributed by atoms with E-state index < -0.39 is 0 Å². The Balaban J connectivity index is 2.94. The fourth-order valence-corrected chi connectivity index (χ4v) is 2.76. The Morgan fingerprint density at radius 1 is 1.20 bits per heavy atom. The highest BCUT2D eigenvalue weighted by atomic mass is 79.9. The number of halogens is 1. The molecule has 0 radical (unpaired) electrons. The molecule has 1 aromatic carbocycles. The van der Waals surface area contributed by atoms with Gasteiger partial charge in [-0.2, -0.15) is 0 Å². The normalized spacial score (nSPS) is 14.3. The van der Waals surface area contributed by atoms with Gasteiger partial charge in [-0.05, 0) is 58.4 Å². The third kappa shape index (κ3) is 4.78. The van der Waals surface area contributed by atoms with Crippen LogP contribution in [0.1, 0.15) is 52.6 Å². The first-order valence-electron chi connectivity index (χ1n) is 7.66. The molecule has 0 saturated heterocycles. The molecule has 1 N–H and O–H groups in total. The molecule has 2 unspecified atom stereocenters. The van der Waals surface area contributed by atoms with Crippen LogP contribution < -0.4 is 10.1 Å². The van der Waals surface area contributed by atoms with Crippen molar-refractivity contribution in [1.82, 2.24) is 5.32 Å². The molecule has 0 bridgehead atoms. The van der Waals surface area contributed by atoms with E-state index in [9.17, 15) is 0 Å². The summed E-state index contributed by atoms with van der Waals surface area (Å²) in [6.45, 7) is 12.9. The van der Waals surface area contributed by atoms with Crippen molar-refractivity contribution in [3.05, 3.63) is 28.2 Å². The minimum Gasteiger partial charge on any atom is -0.492 e. The molecule has 2 atom stereocenters. The van der Waals surface area contributed by atoms with Gasteiger partial charge in [-0.3, -0.25) is 0 Å². The second kappa shape index (κ2) is 8.68. The van der Waals surface area contributed by atoms with E-state index in [0.29, 0.717) is 17.9 Å². The molecule has 0 heterocycles. The second-order valence-electron chi connectivity index (χ2n) is 5.68. The zero-order valence-electron chi connectivity index (χ0n) is 13.4. The molecule has 3 heteroatoms. The van der Waals surface area contributed by atoms with Gasteiger partial charge in [-0.1, -0.05) is 40.7 Å². The van der Waals surface area contributed by atoms with Crippen LogP contribution in [0.5, 0.6) is 5.75 Å². The topological polar surface area (TPSA) is 21.3 Å². The largest absolute Gasteiger partial charge is 0.492 e. The van der Waals surface area contributed by atoms with Gasteiger partial charge < -0.3 is 10.1 Å². The lowest BCUT2D eigenvalue weighted by molar-refractivity contribution is 0.304. The quantitative estimate of drug-likeness (QED) is 0.703. The number of benzene rings is 1. The molecular weight excluding hydrogens is 314 g/mol. The van der Waals surface area contributed by atoms with Crippen LogP contribution in [0.25, 0.3) is 0 Å². The van der Waals surface area contributed by atoms with Crippen molar-refractivity contribution in [2.45, 2.75) is 47.1 Å². The smallest absolute Gasteiger partial charge is 0.133 e. The highest BCUT2D eigenvalue weighted by Crippen LogP contribution is 2.33. The van der Waals surface area contributed by atoms with Crippen molar-refractivity contribution in [3.63, 3.8) is 0 Å². The molecule has 1 rings (SSSR count). The highest BCUT2D eigenvalue weighted by Gasteiger charge is 2.21.